The predicted octanol–water partition coefficient (Wildman–Crippen LogP) is 4.27. The lowest BCUT2D eigenvalue weighted by molar-refractivity contribution is -0.137. The normalized spacial score (nSPS) is 15.6. The molecule has 0 saturated heterocycles. The van der Waals surface area contributed by atoms with Crippen LogP contribution in [0.2, 0.25) is 0 Å². The number of ether oxygens (including phenoxy) is 1. The average molecular weight is 270 g/mol. The molecule has 0 amide bonds. The molecule has 112 valence electrons. The third-order valence-corrected chi connectivity index (χ3v) is 3.53. The van der Waals surface area contributed by atoms with E-state index >= 15 is 0 Å². The van der Waals surface area contributed by atoms with Gasteiger partial charge in [-0.2, -0.15) is 0 Å². The molecule has 0 bridgehead atoms. The minimum absolute atomic E-state index is 0.0223. The highest BCUT2D eigenvalue weighted by atomic mass is 16.5. The number of hydrogen-bond donors (Lipinski definition) is 1. The molecule has 1 N–H and O–H groups in total. The van der Waals surface area contributed by atoms with Crippen LogP contribution in [0.4, 0.5) is 0 Å². The topological polar surface area (TPSA) is 46.5 Å². The van der Waals surface area contributed by atoms with E-state index in [0.29, 0.717) is 5.92 Å². The zero-order valence-corrected chi connectivity index (χ0v) is 13.1. The molecule has 0 aromatic carbocycles. The molecule has 0 aromatic rings. The van der Waals surface area contributed by atoms with E-state index in [1.54, 1.807) is 7.11 Å². The van der Waals surface area contributed by atoms with Gasteiger partial charge in [0.25, 0.3) is 0 Å². The number of rotatable bonds is 10. The first kappa shape index (κ1) is 18.2. The average Bonchev–Trinajstić information content (AvgIpc) is 2.27. The van der Waals surface area contributed by atoms with Gasteiger partial charge in [0.15, 0.2) is 0 Å². The Morgan fingerprint density at radius 1 is 1.37 bits per heavy atom. The smallest absolute Gasteiger partial charge is 0.303 e. The van der Waals surface area contributed by atoms with E-state index in [4.69, 9.17) is 9.84 Å². The molecule has 0 fully saturated rings. The van der Waals surface area contributed by atoms with Crippen molar-refractivity contribution in [3.63, 3.8) is 0 Å². The number of methoxy groups -OCH3 is 1. The first-order valence-electron chi connectivity index (χ1n) is 7.20. The Kier molecular flexibility index (Phi) is 8.73. The maximum atomic E-state index is 10.5. The molecule has 0 rings (SSSR count). The summed E-state index contributed by atoms with van der Waals surface area (Å²) < 4.78 is 5.40. The van der Waals surface area contributed by atoms with Crippen LogP contribution in [-0.4, -0.2) is 23.8 Å². The van der Waals surface area contributed by atoms with E-state index in [-0.39, 0.29) is 17.9 Å². The highest BCUT2D eigenvalue weighted by molar-refractivity contribution is 5.67. The largest absolute Gasteiger partial charge is 0.481 e. The third-order valence-electron chi connectivity index (χ3n) is 3.53. The maximum absolute atomic E-state index is 10.5. The molecule has 2 atom stereocenters. The molecule has 0 aromatic heterocycles. The quantitative estimate of drug-likeness (QED) is 0.603. The second kappa shape index (κ2) is 9.13. The van der Waals surface area contributed by atoms with E-state index in [1.807, 2.05) is 13.0 Å². The van der Waals surface area contributed by atoms with Gasteiger partial charge in [-0.15, -0.1) is 0 Å². The molecule has 0 spiro atoms. The lowest BCUT2D eigenvalue weighted by Gasteiger charge is -2.23. The Hall–Kier alpha value is -0.830. The fourth-order valence-corrected chi connectivity index (χ4v) is 1.98. The molecule has 3 heteroatoms. The van der Waals surface area contributed by atoms with Crippen molar-refractivity contribution in [3.05, 3.63) is 12.2 Å². The molecule has 0 saturated carbocycles. The molecule has 0 aliphatic heterocycles. The first-order chi connectivity index (χ1) is 8.76. The van der Waals surface area contributed by atoms with Crippen LogP contribution in [0.25, 0.3) is 0 Å². The molecular formula is C16H30O3. The molecule has 19 heavy (non-hydrogen) atoms. The summed E-state index contributed by atoms with van der Waals surface area (Å²) in [6, 6.07) is 0. The van der Waals surface area contributed by atoms with Crippen molar-refractivity contribution in [2.24, 2.45) is 11.8 Å². The van der Waals surface area contributed by atoms with Crippen LogP contribution in [0.3, 0.4) is 0 Å². The minimum Gasteiger partial charge on any atom is -0.481 e. The monoisotopic (exact) mass is 270 g/mol. The number of carboxylic acids is 1. The summed E-state index contributed by atoms with van der Waals surface area (Å²) in [6.45, 7) is 8.42. The molecule has 1 unspecified atom stereocenters. The fraction of sp³-hybridized carbons (Fsp3) is 0.812. The van der Waals surface area contributed by atoms with Gasteiger partial charge in [0.05, 0.1) is 12.0 Å². The van der Waals surface area contributed by atoms with Crippen molar-refractivity contribution in [1.82, 2.24) is 0 Å². The maximum Gasteiger partial charge on any atom is 0.303 e. The Morgan fingerprint density at radius 2 is 2.00 bits per heavy atom. The van der Waals surface area contributed by atoms with Crippen molar-refractivity contribution in [1.29, 1.82) is 0 Å². The minimum atomic E-state index is -0.730. The van der Waals surface area contributed by atoms with Gasteiger partial charge in [0, 0.05) is 7.11 Å². The van der Waals surface area contributed by atoms with E-state index in [9.17, 15) is 4.79 Å². The summed E-state index contributed by atoms with van der Waals surface area (Å²) in [5.74, 6) is 0.0325. The van der Waals surface area contributed by atoms with Gasteiger partial charge in [-0.05, 0) is 38.5 Å². The number of carbonyl (C=O) groups is 1. The molecule has 0 aliphatic rings. The van der Waals surface area contributed by atoms with Crippen LogP contribution < -0.4 is 0 Å². The van der Waals surface area contributed by atoms with Gasteiger partial charge in [0.2, 0.25) is 0 Å². The van der Waals surface area contributed by atoms with Gasteiger partial charge < -0.3 is 9.84 Å². The van der Waals surface area contributed by atoms with Gasteiger partial charge in [-0.1, -0.05) is 38.8 Å². The number of hydrogen-bond acceptors (Lipinski definition) is 2. The second-order valence-corrected chi connectivity index (χ2v) is 6.20. The van der Waals surface area contributed by atoms with Crippen LogP contribution >= 0.6 is 0 Å². The zero-order valence-electron chi connectivity index (χ0n) is 13.1. The molecule has 0 heterocycles. The van der Waals surface area contributed by atoms with Gasteiger partial charge in [-0.25, -0.2) is 0 Å². The second-order valence-electron chi connectivity index (χ2n) is 6.20. The lowest BCUT2D eigenvalue weighted by atomic mass is 9.94. The molecular weight excluding hydrogens is 240 g/mol. The highest BCUT2D eigenvalue weighted by Crippen LogP contribution is 2.20. The van der Waals surface area contributed by atoms with E-state index in [2.05, 4.69) is 26.8 Å². The van der Waals surface area contributed by atoms with Crippen LogP contribution in [0.1, 0.15) is 59.8 Å². The third kappa shape index (κ3) is 10.8. The van der Waals surface area contributed by atoms with Gasteiger partial charge >= 0.3 is 5.97 Å². The summed E-state index contributed by atoms with van der Waals surface area (Å²) in [4.78, 5) is 10.5. The van der Waals surface area contributed by atoms with E-state index in [1.165, 1.54) is 12.8 Å². The summed E-state index contributed by atoms with van der Waals surface area (Å²) in [7, 11) is 1.76. The summed E-state index contributed by atoms with van der Waals surface area (Å²) in [5.41, 5.74) is -0.0223. The number of allylic oxidation sites excluding steroid dienone is 2. The number of carboxylic acid groups (broad SMARTS) is 1. The van der Waals surface area contributed by atoms with E-state index < -0.39 is 5.97 Å². The standard InChI is InChI=1S/C16H30O3/c1-13(10-7-11-16(3,4)19-5)8-6-9-14(2)12-15(17)18/h6,9,13-14H,7-8,10-12H2,1-5H3,(H,17,18)/b9-6+/t13-,14?/m1/s1. The summed E-state index contributed by atoms with van der Waals surface area (Å²) >= 11 is 0. The van der Waals surface area contributed by atoms with Crippen LogP contribution in [-0.2, 0) is 9.53 Å². The Morgan fingerprint density at radius 3 is 2.53 bits per heavy atom. The first-order valence-corrected chi connectivity index (χ1v) is 7.20. The Bertz CT molecular complexity index is 282. The Balaban J connectivity index is 3.78. The van der Waals surface area contributed by atoms with Crippen molar-refractivity contribution in [2.45, 2.75) is 65.4 Å². The number of aliphatic carboxylic acids is 1. The van der Waals surface area contributed by atoms with Crippen LogP contribution in [0.5, 0.6) is 0 Å². The summed E-state index contributed by atoms with van der Waals surface area (Å²) in [6.07, 6.45) is 8.81. The van der Waals surface area contributed by atoms with Crippen LogP contribution in [0, 0.1) is 11.8 Å². The van der Waals surface area contributed by atoms with Crippen molar-refractivity contribution >= 4 is 5.97 Å². The van der Waals surface area contributed by atoms with Crippen molar-refractivity contribution < 1.29 is 14.6 Å². The Labute approximate surface area is 118 Å². The molecule has 3 nitrogen and oxygen atoms in total. The SMILES string of the molecule is COC(C)(C)CCC[C@H](C)C/C=C/C(C)CC(=O)O. The summed E-state index contributed by atoms with van der Waals surface area (Å²) in [5, 5.41) is 8.66. The fourth-order valence-electron chi connectivity index (χ4n) is 1.98. The molecule has 0 aliphatic carbocycles. The van der Waals surface area contributed by atoms with Gasteiger partial charge in [0.1, 0.15) is 0 Å². The lowest BCUT2D eigenvalue weighted by Crippen LogP contribution is -2.22. The van der Waals surface area contributed by atoms with Crippen molar-refractivity contribution in [3.8, 4) is 0 Å². The molecule has 0 radical (unpaired) electrons. The van der Waals surface area contributed by atoms with Crippen LogP contribution in [0.15, 0.2) is 12.2 Å². The zero-order chi connectivity index (χ0) is 14.9. The van der Waals surface area contributed by atoms with Gasteiger partial charge in [-0.3, -0.25) is 4.79 Å². The van der Waals surface area contributed by atoms with E-state index in [0.717, 1.165) is 12.8 Å². The predicted molar refractivity (Wildman–Crippen MR) is 79.3 cm³/mol. The highest BCUT2D eigenvalue weighted by Gasteiger charge is 2.15. The van der Waals surface area contributed by atoms with Crippen molar-refractivity contribution in [2.75, 3.05) is 7.11 Å².